The zero-order chi connectivity index (χ0) is 8.81. The van der Waals surface area contributed by atoms with Crippen molar-refractivity contribution < 1.29 is 9.53 Å². The maximum absolute atomic E-state index is 11.1. The fourth-order valence-corrected chi connectivity index (χ4v) is 1.51. The van der Waals surface area contributed by atoms with Crippen LogP contribution in [-0.2, 0) is 9.53 Å². The van der Waals surface area contributed by atoms with E-state index in [0.717, 1.165) is 24.8 Å². The molecule has 0 aromatic rings. The van der Waals surface area contributed by atoms with Crippen LogP contribution >= 0.6 is 0 Å². The average molecular weight is 168 g/mol. The SMILES string of the molecule is COC(=O)C1=CCCCCCC1. The van der Waals surface area contributed by atoms with Gasteiger partial charge in [-0.3, -0.25) is 0 Å². The van der Waals surface area contributed by atoms with Crippen molar-refractivity contribution >= 4 is 5.97 Å². The van der Waals surface area contributed by atoms with E-state index in [0.29, 0.717) is 0 Å². The van der Waals surface area contributed by atoms with Gasteiger partial charge >= 0.3 is 5.97 Å². The summed E-state index contributed by atoms with van der Waals surface area (Å²) in [5, 5.41) is 0. The molecule has 68 valence electrons. The van der Waals surface area contributed by atoms with Crippen molar-refractivity contribution in [1.82, 2.24) is 0 Å². The monoisotopic (exact) mass is 168 g/mol. The van der Waals surface area contributed by atoms with E-state index in [-0.39, 0.29) is 5.97 Å². The molecule has 2 nitrogen and oxygen atoms in total. The van der Waals surface area contributed by atoms with Crippen LogP contribution < -0.4 is 0 Å². The molecule has 1 aliphatic carbocycles. The van der Waals surface area contributed by atoms with Crippen molar-refractivity contribution in [2.75, 3.05) is 7.11 Å². The van der Waals surface area contributed by atoms with Crippen LogP contribution in [0.1, 0.15) is 38.5 Å². The first-order valence-corrected chi connectivity index (χ1v) is 4.62. The molecule has 1 aliphatic rings. The summed E-state index contributed by atoms with van der Waals surface area (Å²) >= 11 is 0. The zero-order valence-electron chi connectivity index (χ0n) is 7.64. The van der Waals surface area contributed by atoms with Gasteiger partial charge in [0.1, 0.15) is 0 Å². The number of hydrogen-bond acceptors (Lipinski definition) is 2. The predicted molar refractivity (Wildman–Crippen MR) is 47.8 cm³/mol. The minimum Gasteiger partial charge on any atom is -0.466 e. The molecule has 0 aromatic carbocycles. The summed E-state index contributed by atoms with van der Waals surface area (Å²) in [7, 11) is 1.45. The minimum absolute atomic E-state index is 0.142. The molecule has 0 unspecified atom stereocenters. The molecule has 0 radical (unpaired) electrons. The largest absolute Gasteiger partial charge is 0.466 e. The van der Waals surface area contributed by atoms with E-state index >= 15 is 0 Å². The first-order chi connectivity index (χ1) is 5.84. The highest BCUT2D eigenvalue weighted by atomic mass is 16.5. The van der Waals surface area contributed by atoms with Crippen molar-refractivity contribution in [3.63, 3.8) is 0 Å². The highest BCUT2D eigenvalue weighted by Gasteiger charge is 2.09. The van der Waals surface area contributed by atoms with E-state index in [1.165, 1.54) is 26.4 Å². The van der Waals surface area contributed by atoms with Crippen LogP contribution in [0.15, 0.2) is 11.6 Å². The Morgan fingerprint density at radius 1 is 1.33 bits per heavy atom. The second-order valence-electron chi connectivity index (χ2n) is 3.17. The number of methoxy groups -OCH3 is 1. The van der Waals surface area contributed by atoms with E-state index in [1.807, 2.05) is 6.08 Å². The predicted octanol–water partition coefficient (Wildman–Crippen LogP) is 2.44. The maximum Gasteiger partial charge on any atom is 0.333 e. The van der Waals surface area contributed by atoms with Gasteiger partial charge in [-0.2, -0.15) is 0 Å². The second-order valence-corrected chi connectivity index (χ2v) is 3.17. The van der Waals surface area contributed by atoms with E-state index in [4.69, 9.17) is 0 Å². The van der Waals surface area contributed by atoms with Gasteiger partial charge in [0.05, 0.1) is 7.11 Å². The van der Waals surface area contributed by atoms with Gasteiger partial charge in [0.25, 0.3) is 0 Å². The summed E-state index contributed by atoms with van der Waals surface area (Å²) in [4.78, 5) is 11.1. The lowest BCUT2D eigenvalue weighted by molar-refractivity contribution is -0.136. The van der Waals surface area contributed by atoms with Crippen LogP contribution in [0.4, 0.5) is 0 Å². The van der Waals surface area contributed by atoms with E-state index in [2.05, 4.69) is 4.74 Å². The maximum atomic E-state index is 11.1. The quantitative estimate of drug-likeness (QED) is 0.562. The fraction of sp³-hybridized carbons (Fsp3) is 0.700. The molecule has 0 atom stereocenters. The third kappa shape index (κ3) is 2.68. The van der Waals surface area contributed by atoms with Crippen molar-refractivity contribution in [2.45, 2.75) is 38.5 Å². The molecule has 2 heteroatoms. The van der Waals surface area contributed by atoms with Crippen LogP contribution in [-0.4, -0.2) is 13.1 Å². The molecule has 0 saturated carbocycles. The molecule has 0 N–H and O–H groups in total. The lowest BCUT2D eigenvalue weighted by atomic mass is 10.0. The molecule has 0 spiro atoms. The van der Waals surface area contributed by atoms with Gasteiger partial charge < -0.3 is 4.74 Å². The Hall–Kier alpha value is -0.790. The highest BCUT2D eigenvalue weighted by molar-refractivity contribution is 5.88. The number of ether oxygens (including phenoxy) is 1. The summed E-state index contributed by atoms with van der Waals surface area (Å²) < 4.78 is 4.68. The molecule has 12 heavy (non-hydrogen) atoms. The molecule has 0 heterocycles. The molecule has 0 bridgehead atoms. The smallest absolute Gasteiger partial charge is 0.333 e. The fourth-order valence-electron chi connectivity index (χ4n) is 1.51. The van der Waals surface area contributed by atoms with Crippen molar-refractivity contribution in [3.8, 4) is 0 Å². The standard InChI is InChI=1S/C10H16O2/c1-12-10(11)9-7-5-3-2-4-6-8-9/h7H,2-6,8H2,1H3. The molecule has 0 amide bonds. The molecule has 0 saturated heterocycles. The number of rotatable bonds is 1. The first kappa shape index (κ1) is 9.30. The van der Waals surface area contributed by atoms with Crippen LogP contribution in [0.3, 0.4) is 0 Å². The summed E-state index contributed by atoms with van der Waals surface area (Å²) in [6, 6.07) is 0. The zero-order valence-corrected chi connectivity index (χ0v) is 7.64. The molecular formula is C10H16O2. The van der Waals surface area contributed by atoms with Gasteiger partial charge in [-0.25, -0.2) is 4.79 Å². The number of carbonyl (C=O) groups is 1. The van der Waals surface area contributed by atoms with Gasteiger partial charge in [-0.15, -0.1) is 0 Å². The molecule has 0 fully saturated rings. The lowest BCUT2D eigenvalue weighted by Gasteiger charge is -2.08. The first-order valence-electron chi connectivity index (χ1n) is 4.62. The Labute approximate surface area is 73.6 Å². The van der Waals surface area contributed by atoms with Gasteiger partial charge in [0.2, 0.25) is 0 Å². The third-order valence-corrected chi connectivity index (χ3v) is 2.24. The molecular weight excluding hydrogens is 152 g/mol. The van der Waals surface area contributed by atoms with E-state index < -0.39 is 0 Å². The van der Waals surface area contributed by atoms with Crippen LogP contribution in [0.25, 0.3) is 0 Å². The Morgan fingerprint density at radius 3 is 2.83 bits per heavy atom. The summed E-state index contributed by atoms with van der Waals surface area (Å²) in [6.07, 6.45) is 8.84. The Bertz CT molecular complexity index is 182. The number of carbonyl (C=O) groups excluding carboxylic acids is 1. The Kier molecular flexibility index (Phi) is 3.85. The van der Waals surface area contributed by atoms with Crippen molar-refractivity contribution in [2.24, 2.45) is 0 Å². The average Bonchev–Trinajstić information content (AvgIpc) is 2.02. The number of allylic oxidation sites excluding steroid dienone is 1. The van der Waals surface area contributed by atoms with Gasteiger partial charge in [-0.05, 0) is 25.7 Å². The third-order valence-electron chi connectivity index (χ3n) is 2.24. The van der Waals surface area contributed by atoms with Gasteiger partial charge in [-0.1, -0.05) is 18.9 Å². The van der Waals surface area contributed by atoms with Crippen molar-refractivity contribution in [3.05, 3.63) is 11.6 Å². The molecule has 0 aliphatic heterocycles. The van der Waals surface area contributed by atoms with E-state index in [9.17, 15) is 4.79 Å². The topological polar surface area (TPSA) is 26.3 Å². The number of hydrogen-bond donors (Lipinski definition) is 0. The minimum atomic E-state index is -0.142. The summed E-state index contributed by atoms with van der Waals surface area (Å²) in [5.41, 5.74) is 0.872. The summed E-state index contributed by atoms with van der Waals surface area (Å²) in [5.74, 6) is -0.142. The Morgan fingerprint density at radius 2 is 2.08 bits per heavy atom. The van der Waals surface area contributed by atoms with Crippen LogP contribution in [0, 0.1) is 0 Å². The molecule has 0 aromatic heterocycles. The Balaban J connectivity index is 2.52. The van der Waals surface area contributed by atoms with Crippen LogP contribution in [0.5, 0.6) is 0 Å². The second kappa shape index (κ2) is 4.96. The van der Waals surface area contributed by atoms with Gasteiger partial charge in [0, 0.05) is 5.57 Å². The van der Waals surface area contributed by atoms with Gasteiger partial charge in [0.15, 0.2) is 0 Å². The highest BCUT2D eigenvalue weighted by Crippen LogP contribution is 2.17. The normalized spacial score (nSPS) is 18.9. The van der Waals surface area contributed by atoms with Crippen LogP contribution in [0.2, 0.25) is 0 Å². The van der Waals surface area contributed by atoms with Crippen molar-refractivity contribution in [1.29, 1.82) is 0 Å². The van der Waals surface area contributed by atoms with E-state index in [1.54, 1.807) is 0 Å². The summed E-state index contributed by atoms with van der Waals surface area (Å²) in [6.45, 7) is 0. The number of esters is 1. The molecule has 1 rings (SSSR count). The lowest BCUT2D eigenvalue weighted by Crippen LogP contribution is -2.05.